The molecule has 4 heterocycles. The van der Waals surface area contributed by atoms with Gasteiger partial charge in [0.2, 0.25) is 0 Å². The summed E-state index contributed by atoms with van der Waals surface area (Å²) in [4.78, 5) is 11.3. The first-order valence-corrected chi connectivity index (χ1v) is 8.41. The van der Waals surface area contributed by atoms with Crippen LogP contribution >= 0.6 is 11.3 Å². The van der Waals surface area contributed by atoms with E-state index in [1.54, 1.807) is 17.6 Å². The Hall–Kier alpha value is -1.96. The van der Waals surface area contributed by atoms with E-state index in [2.05, 4.69) is 14.9 Å². The van der Waals surface area contributed by atoms with Gasteiger partial charge in [0.25, 0.3) is 5.89 Å². The molecular formula is C16H17N3O3S. The van der Waals surface area contributed by atoms with Crippen LogP contribution in [-0.2, 0) is 11.3 Å². The number of aryl methyl sites for hydroxylation is 1. The third-order valence-electron chi connectivity index (χ3n) is 3.88. The van der Waals surface area contributed by atoms with Crippen molar-refractivity contribution in [1.29, 1.82) is 0 Å². The standard InChI is InChI=1S/C16H17N3O3S/c1-11-12(18-15(22-11)13-3-2-6-20-13)9-19-5-7-21-14(10-19)16-17-4-8-23-16/h2-4,6,8,14H,5,7,9-10H2,1H3/t14-/m1/s1. The van der Waals surface area contributed by atoms with Crippen LogP contribution in [0.4, 0.5) is 0 Å². The zero-order valence-electron chi connectivity index (χ0n) is 12.8. The van der Waals surface area contributed by atoms with Crippen LogP contribution in [0.3, 0.4) is 0 Å². The molecular weight excluding hydrogens is 314 g/mol. The number of rotatable bonds is 4. The summed E-state index contributed by atoms with van der Waals surface area (Å²) in [5.74, 6) is 2.02. The fourth-order valence-electron chi connectivity index (χ4n) is 2.68. The van der Waals surface area contributed by atoms with Crippen molar-refractivity contribution in [3.8, 4) is 11.7 Å². The second kappa shape index (κ2) is 6.27. The van der Waals surface area contributed by atoms with Gasteiger partial charge in [-0.25, -0.2) is 9.97 Å². The summed E-state index contributed by atoms with van der Waals surface area (Å²) in [5, 5.41) is 3.01. The van der Waals surface area contributed by atoms with E-state index in [-0.39, 0.29) is 6.10 Å². The van der Waals surface area contributed by atoms with Crippen molar-refractivity contribution in [3.63, 3.8) is 0 Å². The summed E-state index contributed by atoms with van der Waals surface area (Å²) in [7, 11) is 0. The molecule has 1 aliphatic heterocycles. The minimum Gasteiger partial charge on any atom is -0.459 e. The molecule has 0 radical (unpaired) electrons. The van der Waals surface area contributed by atoms with Crippen molar-refractivity contribution in [3.05, 3.63) is 46.4 Å². The number of furan rings is 1. The summed E-state index contributed by atoms with van der Waals surface area (Å²) in [6, 6.07) is 3.68. The highest BCUT2D eigenvalue weighted by Crippen LogP contribution is 2.27. The van der Waals surface area contributed by atoms with Gasteiger partial charge in [0.15, 0.2) is 5.76 Å². The van der Waals surface area contributed by atoms with Gasteiger partial charge < -0.3 is 13.6 Å². The van der Waals surface area contributed by atoms with E-state index in [1.807, 2.05) is 30.6 Å². The van der Waals surface area contributed by atoms with Gasteiger partial charge in [-0.2, -0.15) is 0 Å². The molecule has 3 aromatic heterocycles. The molecule has 7 heteroatoms. The molecule has 0 unspecified atom stereocenters. The first-order chi connectivity index (χ1) is 11.3. The van der Waals surface area contributed by atoms with Crippen molar-refractivity contribution in [2.24, 2.45) is 0 Å². The molecule has 4 rings (SSSR count). The third kappa shape index (κ3) is 3.08. The Morgan fingerprint density at radius 2 is 2.39 bits per heavy atom. The second-order valence-corrected chi connectivity index (χ2v) is 6.39. The number of oxazole rings is 1. The van der Waals surface area contributed by atoms with Crippen molar-refractivity contribution in [1.82, 2.24) is 14.9 Å². The molecule has 1 aliphatic rings. The number of aromatic nitrogens is 2. The lowest BCUT2D eigenvalue weighted by Crippen LogP contribution is -2.38. The van der Waals surface area contributed by atoms with E-state index in [0.717, 1.165) is 36.1 Å². The normalized spacial score (nSPS) is 19.3. The molecule has 0 saturated carbocycles. The smallest absolute Gasteiger partial charge is 0.263 e. The lowest BCUT2D eigenvalue weighted by molar-refractivity contribution is -0.0334. The van der Waals surface area contributed by atoms with Gasteiger partial charge in [0.05, 0.1) is 18.6 Å². The van der Waals surface area contributed by atoms with Crippen LogP contribution in [0.2, 0.25) is 0 Å². The Morgan fingerprint density at radius 1 is 1.43 bits per heavy atom. The predicted octanol–water partition coefficient (Wildman–Crippen LogP) is 3.27. The first-order valence-electron chi connectivity index (χ1n) is 7.53. The summed E-state index contributed by atoms with van der Waals surface area (Å²) >= 11 is 1.63. The van der Waals surface area contributed by atoms with E-state index < -0.39 is 0 Å². The van der Waals surface area contributed by atoms with Gasteiger partial charge >= 0.3 is 0 Å². The zero-order valence-corrected chi connectivity index (χ0v) is 13.6. The molecule has 3 aromatic rings. The van der Waals surface area contributed by atoms with Crippen LogP contribution in [0, 0.1) is 6.92 Å². The predicted molar refractivity (Wildman–Crippen MR) is 85.0 cm³/mol. The van der Waals surface area contributed by atoms with E-state index in [1.165, 1.54) is 0 Å². The highest BCUT2D eigenvalue weighted by atomic mass is 32.1. The Labute approximate surface area is 137 Å². The molecule has 0 aliphatic carbocycles. The zero-order chi connectivity index (χ0) is 15.6. The number of thiazole rings is 1. The lowest BCUT2D eigenvalue weighted by atomic mass is 10.2. The number of nitrogens with zero attached hydrogens (tertiary/aromatic N) is 3. The summed E-state index contributed by atoms with van der Waals surface area (Å²) in [5.41, 5.74) is 0.941. The minimum absolute atomic E-state index is 0.0421. The molecule has 1 fully saturated rings. The fourth-order valence-corrected chi connectivity index (χ4v) is 3.36. The van der Waals surface area contributed by atoms with Gasteiger partial charge in [-0.1, -0.05) is 0 Å². The van der Waals surface area contributed by atoms with Gasteiger partial charge in [-0.05, 0) is 19.1 Å². The molecule has 0 amide bonds. The average molecular weight is 331 g/mol. The van der Waals surface area contributed by atoms with Crippen LogP contribution in [0.5, 0.6) is 0 Å². The number of hydrogen-bond donors (Lipinski definition) is 0. The highest BCUT2D eigenvalue weighted by Gasteiger charge is 2.25. The Kier molecular flexibility index (Phi) is 3.99. The van der Waals surface area contributed by atoms with Gasteiger partial charge in [-0.3, -0.25) is 4.90 Å². The van der Waals surface area contributed by atoms with Crippen molar-refractivity contribution in [2.45, 2.75) is 19.6 Å². The Morgan fingerprint density at radius 3 is 3.17 bits per heavy atom. The molecule has 0 spiro atoms. The largest absolute Gasteiger partial charge is 0.459 e. The van der Waals surface area contributed by atoms with E-state index >= 15 is 0 Å². The van der Waals surface area contributed by atoms with Gasteiger partial charge in [-0.15, -0.1) is 11.3 Å². The monoisotopic (exact) mass is 331 g/mol. The lowest BCUT2D eigenvalue weighted by Gasteiger charge is -2.31. The molecule has 0 bridgehead atoms. The van der Waals surface area contributed by atoms with E-state index in [0.29, 0.717) is 18.3 Å². The molecule has 6 nitrogen and oxygen atoms in total. The Bertz CT molecular complexity index is 752. The van der Waals surface area contributed by atoms with Crippen LogP contribution in [0.25, 0.3) is 11.7 Å². The maximum atomic E-state index is 5.83. The average Bonchev–Trinajstić information content (AvgIpc) is 3.30. The third-order valence-corrected chi connectivity index (χ3v) is 4.74. The van der Waals surface area contributed by atoms with Crippen LogP contribution in [0.1, 0.15) is 22.6 Å². The minimum atomic E-state index is 0.0421. The van der Waals surface area contributed by atoms with Crippen LogP contribution in [0.15, 0.2) is 38.8 Å². The van der Waals surface area contributed by atoms with Gasteiger partial charge in [0.1, 0.15) is 16.9 Å². The van der Waals surface area contributed by atoms with Crippen molar-refractivity contribution in [2.75, 3.05) is 19.7 Å². The molecule has 1 saturated heterocycles. The Balaban J connectivity index is 1.47. The summed E-state index contributed by atoms with van der Waals surface area (Å²) in [6.07, 6.45) is 3.48. The molecule has 120 valence electrons. The van der Waals surface area contributed by atoms with E-state index in [4.69, 9.17) is 13.6 Å². The number of ether oxygens (including phenoxy) is 1. The maximum absolute atomic E-state index is 5.83. The van der Waals surface area contributed by atoms with Gasteiger partial charge in [0, 0.05) is 31.2 Å². The summed E-state index contributed by atoms with van der Waals surface area (Å²) < 4.78 is 16.9. The second-order valence-electron chi connectivity index (χ2n) is 5.46. The summed E-state index contributed by atoms with van der Waals surface area (Å²) in [6.45, 7) is 5.07. The fraction of sp³-hybridized carbons (Fsp3) is 0.375. The topological polar surface area (TPSA) is 64.5 Å². The first kappa shape index (κ1) is 14.6. The SMILES string of the molecule is Cc1oc(-c2ccco2)nc1CN1CCO[C@@H](c2nccs2)C1. The van der Waals surface area contributed by atoms with Crippen LogP contribution < -0.4 is 0 Å². The van der Waals surface area contributed by atoms with Crippen molar-refractivity contribution >= 4 is 11.3 Å². The molecule has 23 heavy (non-hydrogen) atoms. The molecule has 0 aromatic carbocycles. The highest BCUT2D eigenvalue weighted by molar-refractivity contribution is 7.09. The quantitative estimate of drug-likeness (QED) is 0.731. The number of morpholine rings is 1. The molecule has 1 atom stereocenters. The number of hydrogen-bond acceptors (Lipinski definition) is 7. The molecule has 0 N–H and O–H groups in total. The van der Waals surface area contributed by atoms with E-state index in [9.17, 15) is 0 Å². The maximum Gasteiger partial charge on any atom is 0.263 e. The van der Waals surface area contributed by atoms with Crippen LogP contribution in [-0.4, -0.2) is 34.6 Å². The van der Waals surface area contributed by atoms with Crippen molar-refractivity contribution < 1.29 is 13.6 Å².